The summed E-state index contributed by atoms with van der Waals surface area (Å²) in [6.45, 7) is 9.76. The first kappa shape index (κ1) is 84.3. The number of amides is 7. The summed E-state index contributed by atoms with van der Waals surface area (Å²) in [6.07, 6.45) is 18.3. The number of ether oxygens (including phenoxy) is 5. The predicted octanol–water partition coefficient (Wildman–Crippen LogP) is 16.3. The Balaban J connectivity index is 0.000000202. The fourth-order valence-corrected chi connectivity index (χ4v) is 16.1. The highest BCUT2D eigenvalue weighted by Crippen LogP contribution is 2.41. The van der Waals surface area contributed by atoms with Crippen molar-refractivity contribution in [3.63, 3.8) is 0 Å². The van der Waals surface area contributed by atoms with Crippen LogP contribution in [0.2, 0.25) is 0 Å². The first-order chi connectivity index (χ1) is 58.6. The van der Waals surface area contributed by atoms with Gasteiger partial charge in [-0.25, -0.2) is 9.69 Å². The van der Waals surface area contributed by atoms with Crippen LogP contribution in [-0.4, -0.2) is 152 Å². The lowest BCUT2D eigenvalue weighted by molar-refractivity contribution is -0.198. The van der Waals surface area contributed by atoms with Gasteiger partial charge in [0.15, 0.2) is 24.1 Å². The summed E-state index contributed by atoms with van der Waals surface area (Å²) in [6, 6.07) is 48.0. The first-order valence-corrected chi connectivity index (χ1v) is 41.4. The number of ketones is 2. The smallest absolute Gasteiger partial charge is 0.416 e. The Morgan fingerprint density at radius 1 is 0.512 bits per heavy atom. The van der Waals surface area contributed by atoms with Gasteiger partial charge in [-0.05, 0) is 179 Å². The number of aromatic nitrogens is 4. The number of aryl methyl sites for hydroxylation is 6. The molecule has 6 aromatic carbocycles. The highest BCUT2D eigenvalue weighted by Gasteiger charge is 2.47. The van der Waals surface area contributed by atoms with E-state index < -0.39 is 24.7 Å². The second-order valence-corrected chi connectivity index (χ2v) is 31.4. The van der Waals surface area contributed by atoms with Gasteiger partial charge >= 0.3 is 6.09 Å². The van der Waals surface area contributed by atoms with Gasteiger partial charge in [0.1, 0.15) is 29.5 Å². The maximum Gasteiger partial charge on any atom is 0.416 e. The van der Waals surface area contributed by atoms with E-state index in [0.717, 1.165) is 90.4 Å². The number of benzene rings is 6. The van der Waals surface area contributed by atoms with E-state index in [1.807, 2.05) is 199 Å². The Hall–Kier alpha value is -13.2. The van der Waals surface area contributed by atoms with Crippen LogP contribution in [0, 0.1) is 13.8 Å². The van der Waals surface area contributed by atoms with E-state index in [4.69, 9.17) is 23.7 Å². The Labute approximate surface area is 703 Å². The maximum absolute atomic E-state index is 14.2. The van der Waals surface area contributed by atoms with Crippen LogP contribution < -0.4 is 35.6 Å². The van der Waals surface area contributed by atoms with Crippen LogP contribution >= 0.6 is 0 Å². The molecule has 15 rings (SSSR count). The molecule has 26 nitrogen and oxygen atoms in total. The average molecular weight is 1640 g/mol. The molecule has 3 fully saturated rings. The van der Waals surface area contributed by atoms with E-state index in [9.17, 15) is 43.2 Å². The maximum atomic E-state index is 14.2. The number of nitrogens with zero attached hydrogens (tertiary/aromatic N) is 8. The molecule has 10 aromatic rings. The number of hydrogen-bond donors (Lipinski definition) is 4. The SMILES string of the molecule is C=CCOC(=O)N1c2cc(OCCCC(=O)Nc3cc(C(=O)Nc4ccc(-c5cc(C(=O)Cc6ccccc6)n(C)c5)cc4)n(C)c3)c(C)cc2C(=O)N2CCCC[C@H]2C1OC1CCCCO1.Cc1cc2c(cc1OCCCC(=O)Nc1cc(C(=O)Nc3ccc(-c4cc(C(=O)Cc5ccccc5)n(C)c4)cc3)n(C)c1)N=C[C@@H]1CCCCN1C2=O. The number of carbonyl (C=O) groups excluding carboxylic acids is 9. The molecule has 0 saturated carbocycles. The Morgan fingerprint density at radius 2 is 1.01 bits per heavy atom. The van der Waals surface area contributed by atoms with Crippen LogP contribution in [0.15, 0.2) is 200 Å². The molecule has 26 heteroatoms. The summed E-state index contributed by atoms with van der Waals surface area (Å²) < 4.78 is 37.4. The summed E-state index contributed by atoms with van der Waals surface area (Å²) in [5.74, 6) is -0.110. The monoisotopic (exact) mass is 1630 g/mol. The normalized spacial score (nSPS) is 16.6. The minimum absolute atomic E-state index is 0.0157. The molecule has 121 heavy (non-hydrogen) atoms. The fourth-order valence-electron chi connectivity index (χ4n) is 16.1. The van der Waals surface area contributed by atoms with Gasteiger partial charge in [-0.15, -0.1) is 0 Å². The van der Waals surface area contributed by atoms with Gasteiger partial charge in [-0.1, -0.05) is 97.6 Å². The predicted molar refractivity (Wildman–Crippen MR) is 464 cm³/mol. The van der Waals surface area contributed by atoms with Crippen LogP contribution in [0.4, 0.5) is 38.9 Å². The van der Waals surface area contributed by atoms with Crippen molar-refractivity contribution in [2.45, 2.75) is 135 Å². The minimum Gasteiger partial charge on any atom is -0.493 e. The van der Waals surface area contributed by atoms with Crippen molar-refractivity contribution in [1.29, 1.82) is 0 Å². The van der Waals surface area contributed by atoms with Crippen LogP contribution in [0.3, 0.4) is 0 Å². The third-order valence-electron chi connectivity index (χ3n) is 22.4. The topological polar surface area (TPSA) is 290 Å². The summed E-state index contributed by atoms with van der Waals surface area (Å²) in [7, 11) is 7.20. The van der Waals surface area contributed by atoms with Crippen LogP contribution in [-0.2, 0) is 64.8 Å². The molecule has 3 saturated heterocycles. The quantitative estimate of drug-likeness (QED) is 0.0201. The molecule has 0 bridgehead atoms. The van der Waals surface area contributed by atoms with Gasteiger partial charge in [-0.3, -0.25) is 43.3 Å². The Morgan fingerprint density at radius 3 is 1.54 bits per heavy atom. The fraction of sp³-hybridized carbons (Fsp3) is 0.326. The zero-order valence-corrected chi connectivity index (χ0v) is 69.1. The molecule has 7 amide bonds. The van der Waals surface area contributed by atoms with Crippen molar-refractivity contribution in [3.05, 3.63) is 251 Å². The van der Waals surface area contributed by atoms with E-state index in [0.29, 0.717) is 143 Å². The largest absolute Gasteiger partial charge is 0.493 e. The summed E-state index contributed by atoms with van der Waals surface area (Å²) in [5, 5.41) is 11.6. The molecule has 0 radical (unpaired) electrons. The molecule has 0 aliphatic carbocycles. The van der Waals surface area contributed by atoms with Crippen molar-refractivity contribution in [1.82, 2.24) is 28.1 Å². The van der Waals surface area contributed by atoms with Crippen LogP contribution in [0.25, 0.3) is 22.3 Å². The van der Waals surface area contributed by atoms with Gasteiger partial charge in [-0.2, -0.15) is 0 Å². The molecule has 626 valence electrons. The molecule has 2 unspecified atom stereocenters. The van der Waals surface area contributed by atoms with E-state index in [1.165, 1.54) is 11.0 Å². The molecule has 4 aromatic heterocycles. The first-order valence-electron chi connectivity index (χ1n) is 41.4. The molecule has 4 atom stereocenters. The summed E-state index contributed by atoms with van der Waals surface area (Å²) >= 11 is 0. The Bertz CT molecular complexity index is 5520. The lowest BCUT2D eigenvalue weighted by Crippen LogP contribution is -2.57. The second-order valence-electron chi connectivity index (χ2n) is 31.4. The van der Waals surface area contributed by atoms with E-state index in [2.05, 4.69) is 32.8 Å². The van der Waals surface area contributed by atoms with Crippen LogP contribution in [0.1, 0.15) is 168 Å². The number of fused-ring (bicyclic) bond motifs is 4. The lowest BCUT2D eigenvalue weighted by atomic mass is 10.00. The van der Waals surface area contributed by atoms with Gasteiger partial charge in [0.25, 0.3) is 23.6 Å². The lowest BCUT2D eigenvalue weighted by Gasteiger charge is -2.42. The number of anilines is 5. The molecular weight excluding hydrogens is 1530 g/mol. The molecule has 0 spiro atoms. The van der Waals surface area contributed by atoms with E-state index >= 15 is 0 Å². The minimum atomic E-state index is -0.860. The van der Waals surface area contributed by atoms with Crippen molar-refractivity contribution >= 4 is 93.4 Å². The highest BCUT2D eigenvalue weighted by molar-refractivity contribution is 6.08. The zero-order chi connectivity index (χ0) is 84.8. The van der Waals surface area contributed by atoms with E-state index in [1.54, 1.807) is 59.9 Å². The number of carbonyl (C=O) groups is 9. The van der Waals surface area contributed by atoms with Crippen molar-refractivity contribution in [3.8, 4) is 33.8 Å². The van der Waals surface area contributed by atoms with Crippen LogP contribution in [0.5, 0.6) is 11.5 Å². The van der Waals surface area contributed by atoms with Gasteiger partial charge in [0.05, 0.1) is 70.6 Å². The standard InChI is InChI=1S/C52H58N6O9.C43H44N6O5/c1-5-24-66-52(63)58-42-31-46(34(2)27-40(42)50(62)57-23-11-9-16-41(57)51(58)67-48-18-10-12-25-65-48)64-26-13-17-47(60)53-39-30-44(56(4)33-39)49(61)54-38-21-19-36(20-22-38)37-29-43(55(3)32-37)45(59)28-35-14-7-6-8-15-35;1-28-20-35-36(44-25-34-12-7-8-18-49(34)43(35)53)24-40(28)54-19-9-13-41(51)45-33-23-38(48(3)27-33)42(52)46-32-16-14-30(15-17-32)31-22-37(47(2)26-31)39(50)21-29-10-5-4-6-11-29/h5-8,14-15,19-22,27,29-33,41,48,51H,1,9-13,16-18,23-26,28H2,2-4H3,(H,53,60)(H,54,61);4-6,10-11,14-17,20,22-27,34H,7-9,12-13,18-19,21H2,1-3H3,(H,45,51)(H,46,52)/t41-,48?,51?;34-/m00/s1. The zero-order valence-electron chi connectivity index (χ0n) is 69.1. The Kier molecular flexibility index (Phi) is 26.9. The number of nitrogens with one attached hydrogen (secondary N) is 4. The van der Waals surface area contributed by atoms with Crippen molar-refractivity contribution in [2.24, 2.45) is 33.2 Å². The van der Waals surface area contributed by atoms with Gasteiger partial charge in [0, 0.05) is 139 Å². The molecule has 9 heterocycles. The molecule has 4 N–H and O–H groups in total. The summed E-state index contributed by atoms with van der Waals surface area (Å²) in [4.78, 5) is 130. The average Bonchev–Trinajstić information content (AvgIpc) is 1.58. The number of rotatable bonds is 28. The molecular formula is C95H102N12O14. The van der Waals surface area contributed by atoms with E-state index in [-0.39, 0.29) is 79.1 Å². The summed E-state index contributed by atoms with van der Waals surface area (Å²) in [5.41, 5.74) is 13.2. The molecule has 5 aliphatic heterocycles. The van der Waals surface area contributed by atoms with Crippen molar-refractivity contribution in [2.75, 3.05) is 65.7 Å². The number of piperidine rings is 2. The number of Topliss-reactive ketones (excluding diaryl/α,β-unsaturated/α-hetero) is 2. The third kappa shape index (κ3) is 20.4. The number of hydrogen-bond acceptors (Lipinski definition) is 15. The van der Waals surface area contributed by atoms with Gasteiger partial charge < -0.3 is 73.0 Å². The van der Waals surface area contributed by atoms with Gasteiger partial charge in [0.2, 0.25) is 11.8 Å². The van der Waals surface area contributed by atoms with Crippen molar-refractivity contribution < 1.29 is 66.8 Å². The number of aliphatic imine (C=N–C) groups is 1. The third-order valence-corrected chi connectivity index (χ3v) is 22.4. The second kappa shape index (κ2) is 38.7. The highest BCUT2D eigenvalue weighted by atomic mass is 16.7. The molecule has 5 aliphatic rings.